The summed E-state index contributed by atoms with van der Waals surface area (Å²) in [4.78, 5) is 0. The van der Waals surface area contributed by atoms with Crippen LogP contribution in [0.15, 0.2) is 0 Å². The summed E-state index contributed by atoms with van der Waals surface area (Å²) < 4.78 is 0. The van der Waals surface area contributed by atoms with Crippen LogP contribution in [0.3, 0.4) is 0 Å². The minimum Gasteiger partial charge on any atom is -0.225 e. The lowest BCUT2D eigenvalue weighted by Gasteiger charge is -1.99. The van der Waals surface area contributed by atoms with Gasteiger partial charge in [0.25, 0.3) is 0 Å². The van der Waals surface area contributed by atoms with Gasteiger partial charge in [0.05, 0.1) is 6.17 Å². The van der Waals surface area contributed by atoms with E-state index in [4.69, 9.17) is 0 Å². The Morgan fingerprint density at radius 2 is 1.29 bits per heavy atom. The van der Waals surface area contributed by atoms with Gasteiger partial charge in [0, 0.05) is 14.1 Å². The van der Waals surface area contributed by atoms with E-state index in [1.165, 1.54) is 51.4 Å². The lowest BCUT2D eigenvalue weighted by molar-refractivity contribution is 0.412. The standard InChI is InChI=1S/C12H26N2/c1-4-5-6-7-8-9-10-11-12-13(2)14(12)3/h12H,4-11H2,1-3H3. The maximum Gasteiger partial charge on any atom is 0.0888 e. The van der Waals surface area contributed by atoms with Crippen LogP contribution in [-0.4, -0.2) is 30.3 Å². The number of rotatable bonds is 8. The van der Waals surface area contributed by atoms with E-state index in [0.717, 1.165) is 6.17 Å². The van der Waals surface area contributed by atoms with Crippen molar-refractivity contribution < 1.29 is 0 Å². The summed E-state index contributed by atoms with van der Waals surface area (Å²) in [6, 6.07) is 0. The van der Waals surface area contributed by atoms with Crippen molar-refractivity contribution in [1.82, 2.24) is 10.0 Å². The van der Waals surface area contributed by atoms with E-state index in [0.29, 0.717) is 0 Å². The highest BCUT2D eigenvalue weighted by molar-refractivity contribution is 4.76. The molecule has 0 spiro atoms. The fourth-order valence-electron chi connectivity index (χ4n) is 2.09. The van der Waals surface area contributed by atoms with E-state index >= 15 is 0 Å². The van der Waals surface area contributed by atoms with Gasteiger partial charge < -0.3 is 0 Å². The fraction of sp³-hybridized carbons (Fsp3) is 1.00. The van der Waals surface area contributed by atoms with E-state index in [1.807, 2.05) is 0 Å². The van der Waals surface area contributed by atoms with Crippen molar-refractivity contribution in [3.8, 4) is 0 Å². The van der Waals surface area contributed by atoms with Gasteiger partial charge >= 0.3 is 0 Å². The first-order valence-corrected chi connectivity index (χ1v) is 6.23. The first-order chi connectivity index (χ1) is 6.77. The predicted octanol–water partition coefficient (Wildman–Crippen LogP) is 3.25. The molecule has 2 heteroatoms. The zero-order chi connectivity index (χ0) is 10.4. The fourth-order valence-corrected chi connectivity index (χ4v) is 2.09. The number of hydrogen-bond acceptors (Lipinski definition) is 2. The smallest absolute Gasteiger partial charge is 0.0888 e. The normalized spacial score (nSPS) is 30.6. The number of hydrogen-bond donors (Lipinski definition) is 0. The van der Waals surface area contributed by atoms with Crippen LogP contribution in [0.1, 0.15) is 58.3 Å². The Hall–Kier alpha value is -0.0800. The van der Waals surface area contributed by atoms with E-state index < -0.39 is 0 Å². The van der Waals surface area contributed by atoms with Crippen molar-refractivity contribution in [2.24, 2.45) is 0 Å². The Bertz CT molecular complexity index is 139. The Kier molecular flexibility index (Phi) is 5.49. The van der Waals surface area contributed by atoms with Gasteiger partial charge in [-0.1, -0.05) is 51.9 Å². The molecule has 0 aliphatic carbocycles. The summed E-state index contributed by atoms with van der Waals surface area (Å²) in [6.45, 7) is 2.28. The van der Waals surface area contributed by atoms with Gasteiger partial charge in [-0.25, -0.2) is 10.0 Å². The van der Waals surface area contributed by atoms with Gasteiger partial charge in [-0.05, 0) is 6.42 Å². The van der Waals surface area contributed by atoms with Gasteiger partial charge in [-0.3, -0.25) is 0 Å². The molecule has 84 valence electrons. The van der Waals surface area contributed by atoms with Crippen molar-refractivity contribution in [2.75, 3.05) is 14.1 Å². The molecule has 0 amide bonds. The number of hydrazine groups is 1. The highest BCUT2D eigenvalue weighted by Gasteiger charge is 2.36. The van der Waals surface area contributed by atoms with Crippen LogP contribution < -0.4 is 0 Å². The molecule has 0 aromatic rings. The minimum absolute atomic E-state index is 0.755. The molecule has 1 fully saturated rings. The van der Waals surface area contributed by atoms with Crippen molar-refractivity contribution in [3.05, 3.63) is 0 Å². The highest BCUT2D eigenvalue weighted by atomic mass is 15.8. The maximum atomic E-state index is 2.32. The minimum atomic E-state index is 0.755. The summed E-state index contributed by atoms with van der Waals surface area (Å²) in [5.74, 6) is 0. The second-order valence-corrected chi connectivity index (χ2v) is 4.54. The molecule has 0 radical (unpaired) electrons. The predicted molar refractivity (Wildman–Crippen MR) is 61.9 cm³/mol. The second kappa shape index (κ2) is 6.41. The third-order valence-corrected chi connectivity index (χ3v) is 3.37. The van der Waals surface area contributed by atoms with Crippen LogP contribution in [0.5, 0.6) is 0 Å². The molecular formula is C12H26N2. The number of nitrogens with zero attached hydrogens (tertiary/aromatic N) is 2. The van der Waals surface area contributed by atoms with E-state index in [-0.39, 0.29) is 0 Å². The average Bonchev–Trinajstić information content (AvgIpc) is 2.74. The molecule has 1 rings (SSSR count). The molecule has 1 heterocycles. The van der Waals surface area contributed by atoms with Crippen LogP contribution in [0.4, 0.5) is 0 Å². The van der Waals surface area contributed by atoms with Crippen LogP contribution in [0.25, 0.3) is 0 Å². The Morgan fingerprint density at radius 3 is 1.79 bits per heavy atom. The topological polar surface area (TPSA) is 6.02 Å². The molecule has 0 bridgehead atoms. The van der Waals surface area contributed by atoms with Crippen LogP contribution >= 0.6 is 0 Å². The summed E-state index contributed by atoms with van der Waals surface area (Å²) in [6.07, 6.45) is 12.1. The highest BCUT2D eigenvalue weighted by Crippen LogP contribution is 2.25. The molecule has 1 aliphatic rings. The lowest BCUT2D eigenvalue weighted by atomic mass is 10.1. The summed E-state index contributed by atoms with van der Waals surface area (Å²) in [5, 5.41) is 4.63. The van der Waals surface area contributed by atoms with E-state index in [1.54, 1.807) is 0 Å². The Balaban J connectivity index is 1.77. The Morgan fingerprint density at radius 1 is 0.786 bits per heavy atom. The van der Waals surface area contributed by atoms with Gasteiger partial charge in [0.1, 0.15) is 0 Å². The SMILES string of the molecule is CCCCCCCCCC1N(C)N1C. The molecule has 1 saturated heterocycles. The lowest BCUT2D eigenvalue weighted by Crippen LogP contribution is -1.94. The molecule has 0 aromatic heterocycles. The first kappa shape index (κ1) is 12.0. The molecule has 0 saturated carbocycles. The van der Waals surface area contributed by atoms with Gasteiger partial charge in [-0.15, -0.1) is 0 Å². The number of unbranched alkanes of at least 4 members (excludes halogenated alkanes) is 6. The van der Waals surface area contributed by atoms with Crippen LogP contribution in [-0.2, 0) is 0 Å². The molecule has 2 nitrogen and oxygen atoms in total. The van der Waals surface area contributed by atoms with Crippen molar-refractivity contribution in [3.63, 3.8) is 0 Å². The maximum absolute atomic E-state index is 2.32. The summed E-state index contributed by atoms with van der Waals surface area (Å²) in [5.41, 5.74) is 0. The summed E-state index contributed by atoms with van der Waals surface area (Å²) >= 11 is 0. The van der Waals surface area contributed by atoms with Crippen LogP contribution in [0.2, 0.25) is 0 Å². The second-order valence-electron chi connectivity index (χ2n) is 4.54. The molecule has 0 N–H and O–H groups in total. The van der Waals surface area contributed by atoms with E-state index in [2.05, 4.69) is 31.0 Å². The largest absolute Gasteiger partial charge is 0.225 e. The molecule has 2 unspecified atom stereocenters. The van der Waals surface area contributed by atoms with Crippen molar-refractivity contribution in [2.45, 2.75) is 64.5 Å². The van der Waals surface area contributed by atoms with Crippen LogP contribution in [0, 0.1) is 0 Å². The molecule has 14 heavy (non-hydrogen) atoms. The Labute approximate surface area is 89.2 Å². The van der Waals surface area contributed by atoms with Gasteiger partial charge in [-0.2, -0.15) is 0 Å². The third-order valence-electron chi connectivity index (χ3n) is 3.37. The first-order valence-electron chi connectivity index (χ1n) is 6.23. The average molecular weight is 198 g/mol. The van der Waals surface area contributed by atoms with E-state index in [9.17, 15) is 0 Å². The molecule has 2 atom stereocenters. The third kappa shape index (κ3) is 3.97. The van der Waals surface area contributed by atoms with Gasteiger partial charge in [0.2, 0.25) is 0 Å². The molecular weight excluding hydrogens is 172 g/mol. The zero-order valence-corrected chi connectivity index (χ0v) is 10.1. The molecule has 0 aromatic carbocycles. The van der Waals surface area contributed by atoms with Crippen molar-refractivity contribution >= 4 is 0 Å². The zero-order valence-electron chi connectivity index (χ0n) is 10.1. The monoisotopic (exact) mass is 198 g/mol. The van der Waals surface area contributed by atoms with Crippen molar-refractivity contribution in [1.29, 1.82) is 0 Å². The molecule has 1 aliphatic heterocycles. The summed E-state index contributed by atoms with van der Waals surface area (Å²) in [7, 11) is 4.35. The quantitative estimate of drug-likeness (QED) is 0.436. The van der Waals surface area contributed by atoms with Gasteiger partial charge in [0.15, 0.2) is 0 Å².